The highest BCUT2D eigenvalue weighted by Crippen LogP contribution is 2.23. The van der Waals surface area contributed by atoms with Gasteiger partial charge in [-0.3, -0.25) is 14.9 Å². The fourth-order valence-corrected chi connectivity index (χ4v) is 3.50. The number of ether oxygens (including phenoxy) is 1. The molecule has 1 aliphatic rings. The summed E-state index contributed by atoms with van der Waals surface area (Å²) in [5.74, 6) is -1.78. The first kappa shape index (κ1) is 20.9. The molecule has 0 spiro atoms. The topological polar surface area (TPSA) is 115 Å². The Morgan fingerprint density at radius 1 is 1.21 bits per heavy atom. The van der Waals surface area contributed by atoms with Crippen LogP contribution in [0.2, 0.25) is 5.02 Å². The van der Waals surface area contributed by atoms with Crippen LogP contribution in [0.1, 0.15) is 43.2 Å². The molecule has 9 heteroatoms. The maximum absolute atomic E-state index is 12.1. The average molecular weight is 421 g/mol. The van der Waals surface area contributed by atoms with E-state index in [1.54, 1.807) is 0 Å². The van der Waals surface area contributed by atoms with E-state index in [-0.39, 0.29) is 22.8 Å². The largest absolute Gasteiger partial charge is 0.450 e. The van der Waals surface area contributed by atoms with Crippen molar-refractivity contribution in [2.24, 2.45) is 5.92 Å². The summed E-state index contributed by atoms with van der Waals surface area (Å²) in [6.07, 6.45) is 4.06. The summed E-state index contributed by atoms with van der Waals surface area (Å²) in [4.78, 5) is 48.0. The van der Waals surface area contributed by atoms with Crippen molar-refractivity contribution >= 4 is 40.5 Å². The highest BCUT2D eigenvalue weighted by Gasteiger charge is 2.23. The van der Waals surface area contributed by atoms with E-state index in [1.807, 2.05) is 0 Å². The van der Waals surface area contributed by atoms with Crippen LogP contribution in [-0.4, -0.2) is 30.6 Å². The van der Waals surface area contributed by atoms with Gasteiger partial charge >= 0.3 is 12.0 Å². The predicted molar refractivity (Wildman–Crippen MR) is 106 cm³/mol. The second kappa shape index (κ2) is 9.09. The molecule has 8 nitrogen and oxygen atoms in total. The van der Waals surface area contributed by atoms with E-state index in [2.05, 4.69) is 17.6 Å². The van der Waals surface area contributed by atoms with Gasteiger partial charge in [0.25, 0.3) is 5.91 Å². The summed E-state index contributed by atoms with van der Waals surface area (Å²) < 4.78 is 10.2. The Kier molecular flexibility index (Phi) is 6.53. The third kappa shape index (κ3) is 5.35. The minimum Gasteiger partial charge on any atom is -0.450 e. The van der Waals surface area contributed by atoms with Gasteiger partial charge in [-0.15, -0.1) is 0 Å². The lowest BCUT2D eigenvalue weighted by atomic mass is 9.86. The van der Waals surface area contributed by atoms with Crippen molar-refractivity contribution in [3.63, 3.8) is 0 Å². The summed E-state index contributed by atoms with van der Waals surface area (Å²) in [6.45, 7) is 1.37. The number of esters is 1. The van der Waals surface area contributed by atoms with Crippen molar-refractivity contribution in [2.45, 2.75) is 38.6 Å². The van der Waals surface area contributed by atoms with Gasteiger partial charge in [-0.25, -0.2) is 9.59 Å². The van der Waals surface area contributed by atoms with Crippen molar-refractivity contribution in [2.75, 3.05) is 6.61 Å². The summed E-state index contributed by atoms with van der Waals surface area (Å²) in [7, 11) is 0. The first-order valence-corrected chi connectivity index (χ1v) is 9.72. The van der Waals surface area contributed by atoms with E-state index in [9.17, 15) is 19.2 Å². The molecule has 2 atom stereocenters. The lowest BCUT2D eigenvalue weighted by Crippen LogP contribution is -2.48. The minimum atomic E-state index is -0.990. The maximum Gasteiger partial charge on any atom is 0.374 e. The monoisotopic (exact) mass is 420 g/mol. The van der Waals surface area contributed by atoms with Gasteiger partial charge in [0.15, 0.2) is 12.0 Å². The molecule has 3 amide bonds. The number of urea groups is 1. The normalized spacial score (nSPS) is 18.8. The molecular weight excluding hydrogens is 400 g/mol. The molecule has 0 unspecified atom stereocenters. The van der Waals surface area contributed by atoms with Crippen LogP contribution in [-0.2, 0) is 9.53 Å². The van der Waals surface area contributed by atoms with E-state index in [0.717, 1.165) is 31.7 Å². The van der Waals surface area contributed by atoms with Gasteiger partial charge in [-0.1, -0.05) is 31.4 Å². The Morgan fingerprint density at radius 2 is 1.97 bits per heavy atom. The van der Waals surface area contributed by atoms with Crippen LogP contribution >= 0.6 is 11.6 Å². The predicted octanol–water partition coefficient (Wildman–Crippen LogP) is 3.01. The minimum absolute atomic E-state index is 0.0134. The zero-order valence-electron chi connectivity index (χ0n) is 15.8. The molecule has 0 radical (unpaired) electrons. The summed E-state index contributed by atoms with van der Waals surface area (Å²) in [6, 6.07) is 4.76. The Morgan fingerprint density at radius 3 is 2.72 bits per heavy atom. The molecule has 2 aromatic rings. The second-order valence-corrected chi connectivity index (χ2v) is 7.52. The highest BCUT2D eigenvalue weighted by molar-refractivity contribution is 6.31. The quantitative estimate of drug-likeness (QED) is 0.735. The number of rotatable bonds is 4. The summed E-state index contributed by atoms with van der Waals surface area (Å²) in [5.41, 5.74) is -0.301. The molecular formula is C20H21ClN2O6. The molecule has 1 aromatic carbocycles. The van der Waals surface area contributed by atoms with Gasteiger partial charge in [-0.05, 0) is 37.0 Å². The van der Waals surface area contributed by atoms with Gasteiger partial charge in [0.1, 0.15) is 5.58 Å². The maximum atomic E-state index is 12.1. The average Bonchev–Trinajstić information content (AvgIpc) is 2.68. The van der Waals surface area contributed by atoms with Crippen molar-refractivity contribution in [3.05, 3.63) is 45.3 Å². The van der Waals surface area contributed by atoms with Crippen LogP contribution in [0.3, 0.4) is 0 Å². The van der Waals surface area contributed by atoms with Gasteiger partial charge in [0.05, 0.1) is 5.39 Å². The number of carbonyl (C=O) groups excluding carboxylic acids is 3. The number of halogens is 1. The van der Waals surface area contributed by atoms with Crippen molar-refractivity contribution in [3.8, 4) is 0 Å². The standard InChI is InChI=1S/C20H21ClN2O6/c1-11-4-2-3-5-14(11)22-20(27)23-18(25)10-28-19(26)17-9-15(24)13-8-12(21)6-7-16(13)29-17/h6-9,11,14H,2-5,10H2,1H3,(H2,22,23,25,27)/t11-,14-/m1/s1. The van der Waals surface area contributed by atoms with Crippen LogP contribution in [0.25, 0.3) is 11.0 Å². The van der Waals surface area contributed by atoms with Crippen LogP contribution in [0.5, 0.6) is 0 Å². The lowest BCUT2D eigenvalue weighted by Gasteiger charge is -2.29. The Bertz CT molecular complexity index is 1000. The van der Waals surface area contributed by atoms with Crippen LogP contribution < -0.4 is 16.1 Å². The number of amides is 3. The summed E-state index contributed by atoms with van der Waals surface area (Å²) in [5, 5.41) is 5.48. The number of hydrogen-bond acceptors (Lipinski definition) is 6. The van der Waals surface area contributed by atoms with E-state index in [0.29, 0.717) is 10.9 Å². The van der Waals surface area contributed by atoms with Crippen molar-refractivity contribution in [1.29, 1.82) is 0 Å². The SMILES string of the molecule is C[C@@H]1CCCC[C@H]1NC(=O)NC(=O)COC(=O)c1cc(=O)c2cc(Cl)ccc2o1. The number of benzene rings is 1. The van der Waals surface area contributed by atoms with E-state index in [4.69, 9.17) is 20.8 Å². The molecule has 2 N–H and O–H groups in total. The zero-order chi connectivity index (χ0) is 21.0. The Labute approximate surface area is 171 Å². The molecule has 1 saturated carbocycles. The molecule has 0 bridgehead atoms. The van der Waals surface area contributed by atoms with Gasteiger partial charge in [0, 0.05) is 17.1 Å². The van der Waals surface area contributed by atoms with Crippen molar-refractivity contribution < 1.29 is 23.5 Å². The smallest absolute Gasteiger partial charge is 0.374 e. The fourth-order valence-electron chi connectivity index (χ4n) is 3.33. The summed E-state index contributed by atoms with van der Waals surface area (Å²) >= 11 is 5.84. The third-order valence-electron chi connectivity index (χ3n) is 4.91. The first-order valence-electron chi connectivity index (χ1n) is 9.34. The van der Waals surface area contributed by atoms with Crippen LogP contribution in [0.4, 0.5) is 4.79 Å². The molecule has 1 aromatic heterocycles. The first-order chi connectivity index (χ1) is 13.8. The van der Waals surface area contributed by atoms with E-state index >= 15 is 0 Å². The lowest BCUT2D eigenvalue weighted by molar-refractivity contribution is -0.123. The number of fused-ring (bicyclic) bond motifs is 1. The molecule has 0 aliphatic heterocycles. The van der Waals surface area contributed by atoms with Gasteiger partial charge in [0.2, 0.25) is 5.76 Å². The number of nitrogens with one attached hydrogen (secondary N) is 2. The molecule has 1 fully saturated rings. The van der Waals surface area contributed by atoms with Gasteiger partial charge in [-0.2, -0.15) is 0 Å². The second-order valence-electron chi connectivity index (χ2n) is 7.08. The Hall–Kier alpha value is -2.87. The molecule has 154 valence electrons. The van der Waals surface area contributed by atoms with Crippen LogP contribution in [0.15, 0.2) is 33.5 Å². The molecule has 1 heterocycles. The zero-order valence-corrected chi connectivity index (χ0v) is 16.6. The number of carbonyl (C=O) groups is 3. The third-order valence-corrected chi connectivity index (χ3v) is 5.14. The molecule has 1 aliphatic carbocycles. The molecule has 0 saturated heterocycles. The van der Waals surface area contributed by atoms with Crippen molar-refractivity contribution in [1.82, 2.24) is 10.6 Å². The van der Waals surface area contributed by atoms with E-state index in [1.165, 1.54) is 18.2 Å². The van der Waals surface area contributed by atoms with Gasteiger partial charge < -0.3 is 14.5 Å². The number of hydrogen-bond donors (Lipinski definition) is 2. The molecule has 29 heavy (non-hydrogen) atoms. The molecule has 3 rings (SSSR count). The fraction of sp³-hybridized carbons (Fsp3) is 0.400. The highest BCUT2D eigenvalue weighted by atomic mass is 35.5. The van der Waals surface area contributed by atoms with Crippen LogP contribution in [0, 0.1) is 5.92 Å². The Balaban J connectivity index is 1.54. The number of imide groups is 1. The van der Waals surface area contributed by atoms with E-state index < -0.39 is 29.9 Å².